The number of anilines is 1. The monoisotopic (exact) mass is 247 g/mol. The largest absolute Gasteiger partial charge is 0.480 e. The van der Waals surface area contributed by atoms with Gasteiger partial charge in [-0.1, -0.05) is 6.07 Å². The number of carbonyl (C=O) groups is 1. The summed E-state index contributed by atoms with van der Waals surface area (Å²) in [6.07, 6.45) is 2.20. The zero-order valence-corrected chi connectivity index (χ0v) is 9.65. The number of nitrogens with zero attached hydrogens (tertiary/aromatic N) is 4. The van der Waals surface area contributed by atoms with Gasteiger partial charge >= 0.3 is 5.97 Å². The minimum Gasteiger partial charge on any atom is -0.480 e. The van der Waals surface area contributed by atoms with E-state index in [0.29, 0.717) is 18.9 Å². The molecule has 1 atom stereocenters. The van der Waals surface area contributed by atoms with E-state index < -0.39 is 11.5 Å². The molecule has 0 aliphatic carbocycles. The minimum absolute atomic E-state index is 0.235. The topological polar surface area (TPSA) is 96.8 Å². The van der Waals surface area contributed by atoms with Crippen molar-refractivity contribution in [2.45, 2.75) is 12.0 Å². The molecule has 2 aromatic rings. The molecule has 0 aromatic carbocycles. The number of hydrogen-bond donors (Lipinski definition) is 2. The quantitative estimate of drug-likeness (QED) is 0.757. The molecule has 1 aliphatic heterocycles. The Labute approximate surface area is 103 Å². The van der Waals surface area contributed by atoms with Crippen LogP contribution in [0.5, 0.6) is 0 Å². The van der Waals surface area contributed by atoms with Gasteiger partial charge in [0.2, 0.25) is 5.95 Å². The Hall–Kier alpha value is -2.15. The van der Waals surface area contributed by atoms with Crippen LogP contribution in [0.2, 0.25) is 0 Å². The Balaban J connectivity index is 1.90. The van der Waals surface area contributed by atoms with Crippen molar-refractivity contribution < 1.29 is 9.90 Å². The summed E-state index contributed by atoms with van der Waals surface area (Å²) in [5.41, 5.74) is 5.36. The van der Waals surface area contributed by atoms with E-state index in [1.807, 2.05) is 18.2 Å². The molecule has 3 heterocycles. The number of carboxylic acid groups (broad SMARTS) is 1. The van der Waals surface area contributed by atoms with Crippen molar-refractivity contribution in [3.8, 4) is 0 Å². The molecule has 7 heteroatoms. The Morgan fingerprint density at radius 3 is 3.00 bits per heavy atom. The molecule has 1 fully saturated rings. The maximum atomic E-state index is 11.1. The normalized spacial score (nSPS) is 23.7. The third-order valence-corrected chi connectivity index (χ3v) is 3.24. The summed E-state index contributed by atoms with van der Waals surface area (Å²) in [5, 5.41) is 13.4. The lowest BCUT2D eigenvalue weighted by atomic mass is 10.0. The van der Waals surface area contributed by atoms with E-state index >= 15 is 0 Å². The maximum Gasteiger partial charge on any atom is 0.325 e. The summed E-state index contributed by atoms with van der Waals surface area (Å²) in [6, 6.07) is 5.58. The number of nitrogens with two attached hydrogens (primary N) is 1. The van der Waals surface area contributed by atoms with Gasteiger partial charge in [-0.15, -0.1) is 5.10 Å². The summed E-state index contributed by atoms with van der Waals surface area (Å²) in [7, 11) is 0. The van der Waals surface area contributed by atoms with E-state index in [9.17, 15) is 4.79 Å². The van der Waals surface area contributed by atoms with E-state index in [4.69, 9.17) is 10.8 Å². The highest BCUT2D eigenvalue weighted by molar-refractivity contribution is 5.80. The second kappa shape index (κ2) is 3.67. The van der Waals surface area contributed by atoms with Gasteiger partial charge in [0.15, 0.2) is 5.65 Å². The molecule has 1 aliphatic rings. The molecule has 7 nitrogen and oxygen atoms in total. The van der Waals surface area contributed by atoms with Crippen molar-refractivity contribution in [1.82, 2.24) is 14.6 Å². The standard InChI is InChI=1S/C11H13N5O2/c12-11(9(17)18)4-6-15(7-11)10-13-8-3-1-2-5-16(8)14-10/h1-3,5H,4,6-7,12H2,(H,17,18). The van der Waals surface area contributed by atoms with E-state index in [2.05, 4.69) is 10.1 Å². The number of aliphatic carboxylic acids is 1. The van der Waals surface area contributed by atoms with Crippen LogP contribution in [0.15, 0.2) is 24.4 Å². The number of fused-ring (bicyclic) bond motifs is 1. The van der Waals surface area contributed by atoms with Crippen LogP contribution in [-0.4, -0.2) is 44.3 Å². The first kappa shape index (κ1) is 11.0. The third-order valence-electron chi connectivity index (χ3n) is 3.24. The van der Waals surface area contributed by atoms with E-state index in [1.165, 1.54) is 0 Å². The molecule has 0 saturated carbocycles. The van der Waals surface area contributed by atoms with Crippen LogP contribution in [0, 0.1) is 0 Å². The SMILES string of the molecule is NC1(C(=O)O)CCN(c2nc3ccccn3n2)C1. The molecule has 3 N–H and O–H groups in total. The molecule has 0 spiro atoms. The molecule has 94 valence electrons. The van der Waals surface area contributed by atoms with E-state index in [-0.39, 0.29) is 6.54 Å². The van der Waals surface area contributed by atoms with Crippen LogP contribution in [0.4, 0.5) is 5.95 Å². The average Bonchev–Trinajstić information content (AvgIpc) is 2.92. The number of carboxylic acids is 1. The van der Waals surface area contributed by atoms with Gasteiger partial charge < -0.3 is 15.7 Å². The van der Waals surface area contributed by atoms with E-state index in [0.717, 1.165) is 5.65 Å². The van der Waals surface area contributed by atoms with Gasteiger partial charge in [0.05, 0.1) is 0 Å². The molecule has 1 saturated heterocycles. The molecule has 2 aromatic heterocycles. The van der Waals surface area contributed by atoms with Gasteiger partial charge in [-0.2, -0.15) is 4.98 Å². The second-order valence-corrected chi connectivity index (χ2v) is 4.55. The minimum atomic E-state index is -1.20. The molecular formula is C11H13N5O2. The highest BCUT2D eigenvalue weighted by atomic mass is 16.4. The zero-order chi connectivity index (χ0) is 12.8. The summed E-state index contributed by atoms with van der Waals surface area (Å²) in [4.78, 5) is 17.2. The van der Waals surface area contributed by atoms with Crippen LogP contribution in [0.3, 0.4) is 0 Å². The molecular weight excluding hydrogens is 234 g/mol. The number of hydrogen-bond acceptors (Lipinski definition) is 5. The van der Waals surface area contributed by atoms with E-state index in [1.54, 1.807) is 15.6 Å². The van der Waals surface area contributed by atoms with Crippen LogP contribution in [-0.2, 0) is 4.79 Å². The van der Waals surface area contributed by atoms with Crippen LogP contribution in [0.25, 0.3) is 5.65 Å². The highest BCUT2D eigenvalue weighted by Gasteiger charge is 2.42. The zero-order valence-electron chi connectivity index (χ0n) is 9.65. The van der Waals surface area contributed by atoms with Gasteiger partial charge in [-0.05, 0) is 18.6 Å². The highest BCUT2D eigenvalue weighted by Crippen LogP contribution is 2.23. The number of rotatable bonds is 2. The Kier molecular flexibility index (Phi) is 2.24. The fourth-order valence-electron chi connectivity index (χ4n) is 2.13. The van der Waals surface area contributed by atoms with Gasteiger partial charge in [0.1, 0.15) is 5.54 Å². The van der Waals surface area contributed by atoms with Crippen molar-refractivity contribution in [2.24, 2.45) is 5.73 Å². The van der Waals surface area contributed by atoms with Gasteiger partial charge in [-0.3, -0.25) is 4.79 Å². The lowest BCUT2D eigenvalue weighted by Crippen LogP contribution is -2.50. The fourth-order valence-corrected chi connectivity index (χ4v) is 2.13. The molecule has 0 amide bonds. The maximum absolute atomic E-state index is 11.1. The predicted molar refractivity (Wildman–Crippen MR) is 64.4 cm³/mol. The van der Waals surface area contributed by atoms with Crippen LogP contribution >= 0.6 is 0 Å². The summed E-state index contributed by atoms with van der Waals surface area (Å²) in [6.45, 7) is 0.791. The second-order valence-electron chi connectivity index (χ2n) is 4.55. The first-order valence-electron chi connectivity index (χ1n) is 5.67. The summed E-state index contributed by atoms with van der Waals surface area (Å²) in [5.74, 6) is -0.455. The molecule has 0 radical (unpaired) electrons. The van der Waals surface area contributed by atoms with Gasteiger partial charge in [0, 0.05) is 19.3 Å². The predicted octanol–water partition coefficient (Wildman–Crippen LogP) is -0.279. The van der Waals surface area contributed by atoms with Gasteiger partial charge in [-0.25, -0.2) is 4.52 Å². The van der Waals surface area contributed by atoms with Gasteiger partial charge in [0.25, 0.3) is 0 Å². The van der Waals surface area contributed by atoms with Crippen molar-refractivity contribution in [2.75, 3.05) is 18.0 Å². The molecule has 1 unspecified atom stereocenters. The number of pyridine rings is 1. The van der Waals surface area contributed by atoms with Crippen molar-refractivity contribution in [3.63, 3.8) is 0 Å². The lowest BCUT2D eigenvalue weighted by molar-refractivity contribution is -0.142. The third kappa shape index (κ3) is 1.60. The smallest absolute Gasteiger partial charge is 0.325 e. The van der Waals surface area contributed by atoms with Crippen LogP contribution < -0.4 is 10.6 Å². The first-order chi connectivity index (χ1) is 8.58. The molecule has 3 rings (SSSR count). The van der Waals surface area contributed by atoms with Crippen molar-refractivity contribution in [3.05, 3.63) is 24.4 Å². The van der Waals surface area contributed by atoms with Crippen LogP contribution in [0.1, 0.15) is 6.42 Å². The Morgan fingerprint density at radius 1 is 1.50 bits per heavy atom. The summed E-state index contributed by atoms with van der Waals surface area (Å²) >= 11 is 0. The molecule has 0 bridgehead atoms. The van der Waals surface area contributed by atoms with Crippen molar-refractivity contribution in [1.29, 1.82) is 0 Å². The van der Waals surface area contributed by atoms with Crippen molar-refractivity contribution >= 4 is 17.6 Å². The average molecular weight is 247 g/mol. The Bertz CT molecular complexity index is 577. The number of aromatic nitrogens is 3. The Morgan fingerprint density at radius 2 is 2.33 bits per heavy atom. The molecule has 18 heavy (non-hydrogen) atoms. The fraction of sp³-hybridized carbons (Fsp3) is 0.364. The first-order valence-corrected chi connectivity index (χ1v) is 5.67. The summed E-state index contributed by atoms with van der Waals surface area (Å²) < 4.78 is 1.66. The lowest BCUT2D eigenvalue weighted by Gasteiger charge is -2.18.